The van der Waals surface area contributed by atoms with Gasteiger partial charge in [0.25, 0.3) is 5.69 Å². The molecule has 0 aliphatic rings. The third-order valence-corrected chi connectivity index (χ3v) is 3.90. The third-order valence-electron chi connectivity index (χ3n) is 3.90. The molecular formula is C21H21N3O4. The molecule has 0 fully saturated rings. The molecule has 144 valence electrons. The van der Waals surface area contributed by atoms with E-state index in [-0.39, 0.29) is 23.7 Å². The second-order valence-electron chi connectivity index (χ2n) is 6.05. The van der Waals surface area contributed by atoms with Gasteiger partial charge in [-0.15, -0.1) is 0 Å². The number of nitro groups is 1. The number of hydrogen-bond donors (Lipinski definition) is 0. The van der Waals surface area contributed by atoms with Crippen LogP contribution in [0.5, 0.6) is 0 Å². The molecule has 0 radical (unpaired) electrons. The molecule has 0 N–H and O–H groups in total. The topological polar surface area (TPSA) is 94.2 Å². The van der Waals surface area contributed by atoms with E-state index in [1.807, 2.05) is 32.0 Å². The first-order valence-electron chi connectivity index (χ1n) is 8.70. The Morgan fingerprint density at radius 2 is 1.75 bits per heavy atom. The summed E-state index contributed by atoms with van der Waals surface area (Å²) in [7, 11) is 0. The molecule has 0 aliphatic carbocycles. The number of para-hydroxylation sites is 1. The molecule has 0 aromatic heterocycles. The number of hydrogen-bond acceptors (Lipinski definition) is 5. The molecule has 0 heterocycles. The van der Waals surface area contributed by atoms with Crippen LogP contribution in [0, 0.1) is 24.0 Å². The number of rotatable bonds is 5. The van der Waals surface area contributed by atoms with Crippen molar-refractivity contribution in [2.45, 2.75) is 27.7 Å². The Hall–Kier alpha value is -3.57. The van der Waals surface area contributed by atoms with Gasteiger partial charge in [-0.2, -0.15) is 4.99 Å². The molecule has 7 nitrogen and oxygen atoms in total. The molecule has 0 saturated heterocycles. The number of non-ortho nitro benzene ring substituents is 1. The van der Waals surface area contributed by atoms with Crippen LogP contribution in [0.1, 0.15) is 30.5 Å². The van der Waals surface area contributed by atoms with Crippen LogP contribution in [0.4, 0.5) is 11.4 Å². The van der Waals surface area contributed by atoms with Crippen LogP contribution in [-0.2, 0) is 9.53 Å². The fraction of sp³-hybridized carbons (Fsp3) is 0.238. The standard InChI is InChI=1S/C21H21N3O4/c1-5-28-21(25)16(4)13-22-20(17-9-11-18(12-10-17)24(26)27)23-19-14(2)7-6-8-15(19)3/h6-12H,5H2,1-4H3. The number of esters is 1. The van der Waals surface area contributed by atoms with Gasteiger partial charge < -0.3 is 4.74 Å². The number of amidine groups is 1. The summed E-state index contributed by atoms with van der Waals surface area (Å²) in [6.07, 6.45) is 0. The average molecular weight is 379 g/mol. The normalized spacial score (nSPS) is 10.8. The predicted octanol–water partition coefficient (Wildman–Crippen LogP) is 4.47. The fourth-order valence-electron chi connectivity index (χ4n) is 2.40. The van der Waals surface area contributed by atoms with E-state index in [1.54, 1.807) is 26.0 Å². The van der Waals surface area contributed by atoms with Crippen LogP contribution in [-0.4, -0.2) is 29.2 Å². The molecule has 0 spiro atoms. The van der Waals surface area contributed by atoms with Gasteiger partial charge in [0.1, 0.15) is 0 Å². The Labute approximate surface area is 163 Å². The summed E-state index contributed by atoms with van der Waals surface area (Å²) < 4.78 is 4.93. The Morgan fingerprint density at radius 1 is 1.14 bits per heavy atom. The van der Waals surface area contributed by atoms with Crippen LogP contribution in [0.25, 0.3) is 0 Å². The summed E-state index contributed by atoms with van der Waals surface area (Å²) >= 11 is 0. The maximum atomic E-state index is 11.8. The summed E-state index contributed by atoms with van der Waals surface area (Å²) in [6, 6.07) is 11.7. The molecule has 0 aliphatic heterocycles. The minimum Gasteiger partial charge on any atom is -0.462 e. The zero-order valence-corrected chi connectivity index (χ0v) is 16.2. The minimum atomic E-state index is -0.513. The smallest absolute Gasteiger partial charge is 0.343 e. The number of carbonyl (C=O) groups excluding carboxylic acids is 1. The van der Waals surface area contributed by atoms with Gasteiger partial charge in [0, 0.05) is 23.6 Å². The van der Waals surface area contributed by atoms with E-state index < -0.39 is 10.9 Å². The molecule has 2 aromatic rings. The van der Waals surface area contributed by atoms with Gasteiger partial charge in [-0.3, -0.25) is 10.1 Å². The van der Waals surface area contributed by atoms with Gasteiger partial charge in [-0.25, -0.2) is 9.79 Å². The second kappa shape index (κ2) is 9.39. The molecular weight excluding hydrogens is 358 g/mol. The van der Waals surface area contributed by atoms with Crippen molar-refractivity contribution in [3.8, 4) is 0 Å². The summed E-state index contributed by atoms with van der Waals surface area (Å²) in [5.74, 6) is 2.44. The highest BCUT2D eigenvalue weighted by molar-refractivity contribution is 6.07. The van der Waals surface area contributed by atoms with Crippen molar-refractivity contribution in [1.29, 1.82) is 0 Å². The van der Waals surface area contributed by atoms with Crippen LogP contribution in [0.15, 0.2) is 58.0 Å². The molecule has 7 heteroatoms. The summed E-state index contributed by atoms with van der Waals surface area (Å²) in [6.45, 7) is 7.38. The lowest BCUT2D eigenvalue weighted by Gasteiger charge is -2.06. The molecule has 0 amide bonds. The highest BCUT2D eigenvalue weighted by Crippen LogP contribution is 2.25. The largest absolute Gasteiger partial charge is 0.462 e. The van der Waals surface area contributed by atoms with Crippen LogP contribution in [0.2, 0.25) is 0 Å². The van der Waals surface area contributed by atoms with E-state index in [0.717, 1.165) is 16.8 Å². The number of aliphatic imine (C=N–C) groups is 2. The van der Waals surface area contributed by atoms with Gasteiger partial charge in [-0.05, 0) is 51.0 Å². The van der Waals surface area contributed by atoms with Crippen LogP contribution in [0.3, 0.4) is 0 Å². The minimum absolute atomic E-state index is 0.0302. The average Bonchev–Trinajstić information content (AvgIpc) is 2.67. The Bertz CT molecular complexity index is 965. The van der Waals surface area contributed by atoms with Gasteiger partial charge in [0.2, 0.25) is 0 Å². The number of benzene rings is 2. The van der Waals surface area contributed by atoms with Crippen molar-refractivity contribution in [1.82, 2.24) is 0 Å². The number of aryl methyl sites for hydroxylation is 2. The number of nitrogens with zero attached hydrogens (tertiary/aromatic N) is 3. The zero-order chi connectivity index (χ0) is 20.7. The second-order valence-corrected chi connectivity index (χ2v) is 6.05. The predicted molar refractivity (Wildman–Crippen MR) is 108 cm³/mol. The summed E-state index contributed by atoms with van der Waals surface area (Å²) in [5, 5.41) is 10.9. The van der Waals surface area contributed by atoms with Crippen LogP contribution < -0.4 is 0 Å². The Balaban J connectivity index is 2.58. The van der Waals surface area contributed by atoms with E-state index in [0.29, 0.717) is 5.56 Å². The summed E-state index contributed by atoms with van der Waals surface area (Å²) in [5.41, 5.74) is 3.41. The monoisotopic (exact) mass is 379 g/mol. The van der Waals surface area contributed by atoms with Crippen molar-refractivity contribution in [2.75, 3.05) is 6.61 Å². The molecule has 0 saturated carbocycles. The van der Waals surface area contributed by atoms with E-state index >= 15 is 0 Å². The third kappa shape index (κ3) is 5.22. The number of nitro benzene ring substituents is 1. The van der Waals surface area contributed by atoms with Crippen molar-refractivity contribution in [2.24, 2.45) is 9.98 Å². The molecule has 2 aromatic carbocycles. The SMILES string of the molecule is CCOC(=O)C(C)=C=NC(=Nc1c(C)cccc1C)c1ccc([N+](=O)[O-])cc1. The quantitative estimate of drug-likeness (QED) is 0.191. The Kier molecular flexibility index (Phi) is 6.96. The lowest BCUT2D eigenvalue weighted by atomic mass is 10.1. The van der Waals surface area contributed by atoms with Gasteiger partial charge in [-0.1, -0.05) is 18.2 Å². The van der Waals surface area contributed by atoms with E-state index in [2.05, 4.69) is 15.9 Å². The molecule has 0 unspecified atom stereocenters. The van der Waals surface area contributed by atoms with Crippen molar-refractivity contribution >= 4 is 29.0 Å². The molecule has 0 atom stereocenters. The first-order valence-corrected chi connectivity index (χ1v) is 8.70. The molecule has 28 heavy (non-hydrogen) atoms. The maximum Gasteiger partial charge on any atom is 0.343 e. The first-order chi connectivity index (χ1) is 13.3. The fourth-order valence-corrected chi connectivity index (χ4v) is 2.40. The van der Waals surface area contributed by atoms with Gasteiger partial charge >= 0.3 is 5.97 Å². The van der Waals surface area contributed by atoms with Crippen molar-refractivity contribution in [3.05, 3.63) is 74.8 Å². The summed E-state index contributed by atoms with van der Waals surface area (Å²) in [4.78, 5) is 31.1. The number of ether oxygens (including phenoxy) is 1. The van der Waals surface area contributed by atoms with Gasteiger partial charge in [0.05, 0.1) is 22.8 Å². The van der Waals surface area contributed by atoms with Gasteiger partial charge in [0.15, 0.2) is 5.84 Å². The Morgan fingerprint density at radius 3 is 2.29 bits per heavy atom. The van der Waals surface area contributed by atoms with Crippen LogP contribution >= 0.6 is 0 Å². The molecule has 0 bridgehead atoms. The highest BCUT2D eigenvalue weighted by Gasteiger charge is 2.10. The van der Waals surface area contributed by atoms with Crippen molar-refractivity contribution in [3.63, 3.8) is 0 Å². The zero-order valence-electron chi connectivity index (χ0n) is 16.2. The number of carbonyl (C=O) groups is 1. The lowest BCUT2D eigenvalue weighted by Crippen LogP contribution is -2.06. The highest BCUT2D eigenvalue weighted by atomic mass is 16.6. The lowest BCUT2D eigenvalue weighted by molar-refractivity contribution is -0.384. The van der Waals surface area contributed by atoms with E-state index in [4.69, 9.17) is 4.74 Å². The maximum absolute atomic E-state index is 11.8. The molecule has 2 rings (SSSR count). The first kappa shape index (κ1) is 20.7. The van der Waals surface area contributed by atoms with E-state index in [1.165, 1.54) is 12.1 Å². The van der Waals surface area contributed by atoms with Crippen molar-refractivity contribution < 1.29 is 14.5 Å². The van der Waals surface area contributed by atoms with E-state index in [9.17, 15) is 14.9 Å².